The Labute approximate surface area is 96.2 Å². The van der Waals surface area contributed by atoms with E-state index < -0.39 is 5.60 Å². The van der Waals surface area contributed by atoms with Gasteiger partial charge in [-0.15, -0.1) is 0 Å². The van der Waals surface area contributed by atoms with Gasteiger partial charge in [-0.05, 0) is 44.1 Å². The molecular weight excluding hydrogens is 200 g/mol. The van der Waals surface area contributed by atoms with Crippen LogP contribution in [0.3, 0.4) is 0 Å². The van der Waals surface area contributed by atoms with E-state index in [0.29, 0.717) is 5.92 Å². The third-order valence-electron chi connectivity index (χ3n) is 3.85. The molecule has 2 heteroatoms. The van der Waals surface area contributed by atoms with Gasteiger partial charge in [0.05, 0.1) is 12.2 Å². The fraction of sp³-hybridized carbons (Fsp3) is 0.571. The third-order valence-corrected chi connectivity index (χ3v) is 3.85. The lowest BCUT2D eigenvalue weighted by atomic mass is 9.87. The van der Waals surface area contributed by atoms with Crippen LogP contribution in [0.4, 0.5) is 0 Å². The summed E-state index contributed by atoms with van der Waals surface area (Å²) in [6, 6.07) is 6.17. The van der Waals surface area contributed by atoms with Crippen molar-refractivity contribution in [2.24, 2.45) is 5.92 Å². The minimum atomic E-state index is -0.706. The molecule has 3 rings (SSSR count). The molecule has 2 aliphatic rings. The topological polar surface area (TPSA) is 29.5 Å². The van der Waals surface area contributed by atoms with E-state index in [1.165, 1.54) is 5.56 Å². The van der Waals surface area contributed by atoms with E-state index in [1.54, 1.807) is 0 Å². The van der Waals surface area contributed by atoms with Gasteiger partial charge in [0.2, 0.25) is 0 Å². The molecule has 86 valence electrons. The summed E-state index contributed by atoms with van der Waals surface area (Å²) in [6.45, 7) is 2.71. The first kappa shape index (κ1) is 10.2. The lowest BCUT2D eigenvalue weighted by Gasteiger charge is -2.29. The predicted octanol–water partition coefficient (Wildman–Crippen LogP) is 2.63. The number of benzene rings is 1. The highest BCUT2D eigenvalue weighted by molar-refractivity contribution is 5.46. The summed E-state index contributed by atoms with van der Waals surface area (Å²) in [6.07, 6.45) is 4.43. The van der Waals surface area contributed by atoms with Crippen molar-refractivity contribution < 1.29 is 9.84 Å². The Hall–Kier alpha value is -1.02. The molecule has 0 bridgehead atoms. The molecule has 1 atom stereocenters. The number of para-hydroxylation sites is 1. The average molecular weight is 218 g/mol. The minimum absolute atomic E-state index is 0.421. The first-order valence-corrected chi connectivity index (χ1v) is 6.17. The Morgan fingerprint density at radius 3 is 2.94 bits per heavy atom. The van der Waals surface area contributed by atoms with Gasteiger partial charge in [-0.2, -0.15) is 0 Å². The minimum Gasteiger partial charge on any atom is -0.493 e. The molecule has 1 aromatic carbocycles. The fourth-order valence-corrected chi connectivity index (χ4v) is 2.65. The van der Waals surface area contributed by atoms with E-state index in [0.717, 1.165) is 43.6 Å². The first-order valence-electron chi connectivity index (χ1n) is 6.17. The molecule has 0 aromatic heterocycles. The summed E-state index contributed by atoms with van der Waals surface area (Å²) in [7, 11) is 0. The second-order valence-corrected chi connectivity index (χ2v) is 5.17. The Bertz CT molecular complexity index is 405. The van der Waals surface area contributed by atoms with Gasteiger partial charge in [0.1, 0.15) is 5.75 Å². The number of ether oxygens (including phenoxy) is 1. The van der Waals surface area contributed by atoms with Crippen molar-refractivity contribution in [1.82, 2.24) is 0 Å². The van der Waals surface area contributed by atoms with Crippen molar-refractivity contribution in [3.8, 4) is 5.75 Å². The number of aryl methyl sites for hydroxylation is 1. The number of rotatable bonds is 2. The maximum absolute atomic E-state index is 10.6. The highest BCUT2D eigenvalue weighted by atomic mass is 16.5. The second-order valence-electron chi connectivity index (χ2n) is 5.17. The van der Waals surface area contributed by atoms with E-state index >= 15 is 0 Å². The third kappa shape index (κ3) is 1.52. The van der Waals surface area contributed by atoms with Crippen LogP contribution in [0.2, 0.25) is 0 Å². The SMILES string of the molecule is CC(O)(c1cccc2c1OCCC2)C1CC1. The lowest BCUT2D eigenvalue weighted by molar-refractivity contribution is 0.0295. The molecular formula is C14H18O2. The Balaban J connectivity index is 2.06. The monoisotopic (exact) mass is 218 g/mol. The quantitative estimate of drug-likeness (QED) is 0.827. The van der Waals surface area contributed by atoms with Crippen molar-refractivity contribution in [1.29, 1.82) is 0 Å². The first-order chi connectivity index (χ1) is 7.69. The van der Waals surface area contributed by atoms with E-state index in [-0.39, 0.29) is 0 Å². The van der Waals surface area contributed by atoms with Gasteiger partial charge in [0, 0.05) is 5.56 Å². The number of hydrogen-bond acceptors (Lipinski definition) is 2. The smallest absolute Gasteiger partial charge is 0.128 e. The van der Waals surface area contributed by atoms with Crippen LogP contribution in [0, 0.1) is 5.92 Å². The van der Waals surface area contributed by atoms with Crippen LogP contribution in [0.25, 0.3) is 0 Å². The van der Waals surface area contributed by atoms with Crippen LogP contribution in [0.15, 0.2) is 18.2 Å². The van der Waals surface area contributed by atoms with Crippen molar-refractivity contribution in [3.05, 3.63) is 29.3 Å². The summed E-state index contributed by atoms with van der Waals surface area (Å²) < 4.78 is 5.76. The van der Waals surface area contributed by atoms with Crippen LogP contribution in [-0.2, 0) is 12.0 Å². The van der Waals surface area contributed by atoms with Gasteiger partial charge >= 0.3 is 0 Å². The predicted molar refractivity (Wildman–Crippen MR) is 62.6 cm³/mol. The highest BCUT2D eigenvalue weighted by Gasteiger charge is 2.43. The maximum Gasteiger partial charge on any atom is 0.128 e. The van der Waals surface area contributed by atoms with Crippen molar-refractivity contribution >= 4 is 0 Å². The second kappa shape index (κ2) is 3.49. The molecule has 1 saturated carbocycles. The van der Waals surface area contributed by atoms with E-state index in [4.69, 9.17) is 4.74 Å². The molecule has 0 saturated heterocycles. The van der Waals surface area contributed by atoms with Gasteiger partial charge in [0.25, 0.3) is 0 Å². The van der Waals surface area contributed by atoms with Gasteiger partial charge in [-0.3, -0.25) is 0 Å². The molecule has 1 aromatic rings. The van der Waals surface area contributed by atoms with E-state index in [2.05, 4.69) is 6.07 Å². The van der Waals surface area contributed by atoms with Gasteiger partial charge in [-0.25, -0.2) is 0 Å². The van der Waals surface area contributed by atoms with Crippen LogP contribution in [-0.4, -0.2) is 11.7 Å². The number of hydrogen-bond donors (Lipinski definition) is 1. The summed E-state index contributed by atoms with van der Waals surface area (Å²) in [5.41, 5.74) is 1.54. The van der Waals surface area contributed by atoms with E-state index in [9.17, 15) is 5.11 Å². The van der Waals surface area contributed by atoms with Crippen LogP contribution < -0.4 is 4.74 Å². The highest BCUT2D eigenvalue weighted by Crippen LogP contribution is 2.48. The van der Waals surface area contributed by atoms with E-state index in [1.807, 2.05) is 19.1 Å². The van der Waals surface area contributed by atoms with Gasteiger partial charge in [-0.1, -0.05) is 18.2 Å². The van der Waals surface area contributed by atoms with Gasteiger partial charge < -0.3 is 9.84 Å². The molecule has 2 nitrogen and oxygen atoms in total. The summed E-state index contributed by atoms with van der Waals surface area (Å²) in [5, 5.41) is 10.6. The summed E-state index contributed by atoms with van der Waals surface area (Å²) in [5.74, 6) is 1.37. The van der Waals surface area contributed by atoms with Crippen LogP contribution in [0.1, 0.15) is 37.3 Å². The molecule has 0 spiro atoms. The molecule has 1 unspecified atom stereocenters. The molecule has 1 fully saturated rings. The van der Waals surface area contributed by atoms with Crippen LogP contribution >= 0.6 is 0 Å². The average Bonchev–Trinajstić information content (AvgIpc) is 3.12. The zero-order chi connectivity index (χ0) is 11.2. The number of fused-ring (bicyclic) bond motifs is 1. The molecule has 16 heavy (non-hydrogen) atoms. The normalized spacial score (nSPS) is 23.1. The largest absolute Gasteiger partial charge is 0.493 e. The Morgan fingerprint density at radius 2 is 2.19 bits per heavy atom. The molecule has 1 heterocycles. The van der Waals surface area contributed by atoms with Crippen molar-refractivity contribution in [2.45, 2.75) is 38.2 Å². The Kier molecular flexibility index (Phi) is 2.21. The molecule has 0 amide bonds. The van der Waals surface area contributed by atoms with Crippen molar-refractivity contribution in [3.63, 3.8) is 0 Å². The van der Waals surface area contributed by atoms with Gasteiger partial charge in [0.15, 0.2) is 0 Å². The Morgan fingerprint density at radius 1 is 1.38 bits per heavy atom. The molecule has 0 radical (unpaired) electrons. The molecule has 1 aliphatic carbocycles. The summed E-state index contributed by atoms with van der Waals surface area (Å²) in [4.78, 5) is 0. The molecule has 1 aliphatic heterocycles. The zero-order valence-electron chi connectivity index (χ0n) is 9.70. The summed E-state index contributed by atoms with van der Waals surface area (Å²) >= 11 is 0. The standard InChI is InChI=1S/C14H18O2/c1-14(15,11-7-8-11)12-6-2-4-10-5-3-9-16-13(10)12/h2,4,6,11,15H,3,5,7-9H2,1H3. The molecule has 1 N–H and O–H groups in total. The maximum atomic E-state index is 10.6. The zero-order valence-corrected chi connectivity index (χ0v) is 9.70. The number of aliphatic hydroxyl groups is 1. The fourth-order valence-electron chi connectivity index (χ4n) is 2.65. The van der Waals surface area contributed by atoms with Crippen molar-refractivity contribution in [2.75, 3.05) is 6.61 Å². The lowest BCUT2D eigenvalue weighted by Crippen LogP contribution is -2.26. The van der Waals surface area contributed by atoms with Crippen LogP contribution in [0.5, 0.6) is 5.75 Å².